The van der Waals surface area contributed by atoms with Gasteiger partial charge < -0.3 is 9.30 Å². The number of fused-ring (bicyclic) bond motifs is 3. The van der Waals surface area contributed by atoms with Crippen molar-refractivity contribution in [2.75, 3.05) is 0 Å². The van der Waals surface area contributed by atoms with Gasteiger partial charge in [0.1, 0.15) is 17.4 Å². The Kier molecular flexibility index (Phi) is 3.61. The maximum Gasteiger partial charge on any atom is 0.216 e. The first-order chi connectivity index (χ1) is 11.6. The molecule has 0 bridgehead atoms. The van der Waals surface area contributed by atoms with E-state index in [0.717, 1.165) is 46.6 Å². The van der Waals surface area contributed by atoms with Gasteiger partial charge in [0, 0.05) is 18.2 Å². The van der Waals surface area contributed by atoms with Crippen molar-refractivity contribution in [3.05, 3.63) is 58.9 Å². The summed E-state index contributed by atoms with van der Waals surface area (Å²) >= 11 is 4.06. The summed E-state index contributed by atoms with van der Waals surface area (Å²) in [5.41, 5.74) is 4.41. The Morgan fingerprint density at radius 1 is 1.33 bits per heavy atom. The van der Waals surface area contributed by atoms with Crippen LogP contribution in [0.15, 0.2) is 36.4 Å². The molecule has 4 nitrogen and oxygen atoms in total. The minimum absolute atomic E-state index is 0.0190. The molecule has 4 rings (SSSR count). The van der Waals surface area contributed by atoms with Crippen LogP contribution in [0.1, 0.15) is 39.8 Å². The van der Waals surface area contributed by atoms with Gasteiger partial charge in [-0.15, -0.1) is 12.6 Å². The quantitative estimate of drug-likeness (QED) is 0.718. The molecule has 1 aromatic heterocycles. The van der Waals surface area contributed by atoms with Gasteiger partial charge in [-0.2, -0.15) is 0 Å². The SMILES string of the molecule is Cc1nc2c3c(c(C(=O)S)cc2n1C)CCC(c1ccccc1)O3. The second-order valence-corrected chi connectivity index (χ2v) is 6.58. The number of ether oxygens (including phenoxy) is 1. The number of carbonyl (C=O) groups excluding carboxylic acids is 1. The van der Waals surface area contributed by atoms with Crippen molar-refractivity contribution >= 4 is 28.8 Å². The first-order valence-electron chi connectivity index (χ1n) is 8.00. The Hall–Kier alpha value is -2.27. The Balaban J connectivity index is 1.91. The molecule has 1 atom stereocenters. The van der Waals surface area contributed by atoms with E-state index < -0.39 is 0 Å². The molecule has 0 saturated carbocycles. The van der Waals surface area contributed by atoms with Gasteiger partial charge in [0.25, 0.3) is 0 Å². The maximum atomic E-state index is 12.0. The zero-order valence-corrected chi connectivity index (χ0v) is 14.5. The molecule has 0 N–H and O–H groups in total. The molecule has 1 aliphatic rings. The Morgan fingerprint density at radius 2 is 2.08 bits per heavy atom. The summed E-state index contributed by atoms with van der Waals surface area (Å²) < 4.78 is 8.31. The highest BCUT2D eigenvalue weighted by Gasteiger charge is 2.28. The molecule has 2 heterocycles. The van der Waals surface area contributed by atoms with Crippen molar-refractivity contribution in [1.82, 2.24) is 9.55 Å². The molecule has 3 aromatic rings. The predicted molar refractivity (Wildman–Crippen MR) is 96.9 cm³/mol. The van der Waals surface area contributed by atoms with E-state index in [-0.39, 0.29) is 11.2 Å². The standard InChI is InChI=1S/C19H18N2O2S/c1-11-20-17-15(21(11)2)10-14(19(22)24)13-8-9-16(23-18(13)17)12-6-4-3-5-7-12/h3-7,10,16H,8-9H2,1-2H3,(H,22,24). The molecule has 5 heteroatoms. The van der Waals surface area contributed by atoms with Crippen molar-refractivity contribution < 1.29 is 9.53 Å². The zero-order chi connectivity index (χ0) is 16.8. The molecule has 24 heavy (non-hydrogen) atoms. The lowest BCUT2D eigenvalue weighted by Crippen LogP contribution is -2.17. The number of rotatable bonds is 2. The molecule has 122 valence electrons. The van der Waals surface area contributed by atoms with Gasteiger partial charge >= 0.3 is 0 Å². The van der Waals surface area contributed by atoms with Gasteiger partial charge in [0.05, 0.1) is 5.52 Å². The lowest BCUT2D eigenvalue weighted by molar-refractivity contribution is 0.108. The smallest absolute Gasteiger partial charge is 0.216 e. The minimum Gasteiger partial charge on any atom is -0.483 e. The maximum absolute atomic E-state index is 12.0. The summed E-state index contributed by atoms with van der Waals surface area (Å²) in [6.07, 6.45) is 1.60. The fraction of sp³-hybridized carbons (Fsp3) is 0.263. The minimum atomic E-state index is -0.228. The van der Waals surface area contributed by atoms with Crippen LogP contribution in [0.4, 0.5) is 0 Å². The number of aryl methyl sites for hydroxylation is 2. The van der Waals surface area contributed by atoms with Crippen LogP contribution in [0.2, 0.25) is 0 Å². The molecule has 0 amide bonds. The van der Waals surface area contributed by atoms with Crippen LogP contribution in [-0.4, -0.2) is 14.7 Å². The highest BCUT2D eigenvalue weighted by molar-refractivity contribution is 7.97. The third-order valence-corrected chi connectivity index (χ3v) is 5.02. The normalized spacial score (nSPS) is 16.7. The molecule has 0 aliphatic carbocycles. The summed E-state index contributed by atoms with van der Waals surface area (Å²) in [5, 5.41) is -0.228. The average molecular weight is 338 g/mol. The van der Waals surface area contributed by atoms with Crippen molar-refractivity contribution in [2.45, 2.75) is 25.9 Å². The Bertz CT molecular complexity index is 947. The summed E-state index contributed by atoms with van der Waals surface area (Å²) in [5.74, 6) is 1.62. The first kappa shape index (κ1) is 15.3. The molecule has 0 saturated heterocycles. The van der Waals surface area contributed by atoms with Crippen LogP contribution in [0.25, 0.3) is 11.0 Å². The van der Waals surface area contributed by atoms with Crippen molar-refractivity contribution in [2.24, 2.45) is 7.05 Å². The lowest BCUT2D eigenvalue weighted by Gasteiger charge is -2.28. The van der Waals surface area contributed by atoms with E-state index >= 15 is 0 Å². The van der Waals surface area contributed by atoms with E-state index in [0.29, 0.717) is 5.56 Å². The van der Waals surface area contributed by atoms with Crippen molar-refractivity contribution in [1.29, 1.82) is 0 Å². The van der Waals surface area contributed by atoms with E-state index in [1.54, 1.807) is 0 Å². The van der Waals surface area contributed by atoms with E-state index in [4.69, 9.17) is 4.74 Å². The van der Waals surface area contributed by atoms with Crippen LogP contribution < -0.4 is 4.74 Å². The van der Waals surface area contributed by atoms with E-state index in [1.165, 1.54) is 0 Å². The van der Waals surface area contributed by atoms with Gasteiger partial charge in [0.15, 0.2) is 5.75 Å². The second kappa shape index (κ2) is 5.67. The average Bonchev–Trinajstić information content (AvgIpc) is 2.89. The fourth-order valence-electron chi connectivity index (χ4n) is 3.39. The van der Waals surface area contributed by atoms with Crippen LogP contribution in [0, 0.1) is 6.92 Å². The number of benzene rings is 2. The monoisotopic (exact) mass is 338 g/mol. The fourth-order valence-corrected chi connectivity index (χ4v) is 3.59. The highest BCUT2D eigenvalue weighted by atomic mass is 32.1. The second-order valence-electron chi connectivity index (χ2n) is 6.18. The van der Waals surface area contributed by atoms with E-state index in [1.807, 2.05) is 42.8 Å². The number of thiol groups is 1. The van der Waals surface area contributed by atoms with E-state index in [2.05, 4.69) is 29.7 Å². The van der Waals surface area contributed by atoms with Crippen LogP contribution in [0.3, 0.4) is 0 Å². The predicted octanol–water partition coefficient (Wildman–Crippen LogP) is 4.02. The number of nitrogens with zero attached hydrogens (tertiary/aromatic N) is 2. The van der Waals surface area contributed by atoms with Crippen LogP contribution in [0.5, 0.6) is 5.75 Å². The Labute approximate surface area is 145 Å². The lowest BCUT2D eigenvalue weighted by atomic mass is 9.93. The van der Waals surface area contributed by atoms with Gasteiger partial charge in [-0.1, -0.05) is 30.3 Å². The number of aromatic nitrogens is 2. The summed E-state index contributed by atoms with van der Waals surface area (Å²) in [6, 6.07) is 12.1. The molecule has 0 fully saturated rings. The number of hydrogen-bond donors (Lipinski definition) is 1. The highest BCUT2D eigenvalue weighted by Crippen LogP contribution is 2.41. The van der Waals surface area contributed by atoms with Crippen LogP contribution >= 0.6 is 12.6 Å². The number of imidazole rings is 1. The number of carbonyl (C=O) groups is 1. The van der Waals surface area contributed by atoms with Crippen molar-refractivity contribution in [3.63, 3.8) is 0 Å². The zero-order valence-electron chi connectivity index (χ0n) is 13.6. The molecule has 1 aliphatic heterocycles. The van der Waals surface area contributed by atoms with Gasteiger partial charge in [-0.3, -0.25) is 4.79 Å². The van der Waals surface area contributed by atoms with Gasteiger partial charge in [-0.25, -0.2) is 4.98 Å². The third kappa shape index (κ3) is 2.31. The van der Waals surface area contributed by atoms with Gasteiger partial charge in [0.2, 0.25) is 5.12 Å². The van der Waals surface area contributed by atoms with Gasteiger partial charge in [-0.05, 0) is 31.4 Å². The first-order valence-corrected chi connectivity index (χ1v) is 8.44. The molecule has 1 unspecified atom stereocenters. The number of hydrogen-bond acceptors (Lipinski definition) is 3. The molecular formula is C19H18N2O2S. The summed E-state index contributed by atoms with van der Waals surface area (Å²) in [4.78, 5) is 16.7. The van der Waals surface area contributed by atoms with E-state index in [9.17, 15) is 4.79 Å². The van der Waals surface area contributed by atoms with Crippen LogP contribution in [-0.2, 0) is 13.5 Å². The summed E-state index contributed by atoms with van der Waals surface area (Å²) in [6.45, 7) is 1.95. The molecule has 2 aromatic carbocycles. The molecular weight excluding hydrogens is 320 g/mol. The third-order valence-electron chi connectivity index (χ3n) is 4.78. The molecule has 0 spiro atoms. The largest absolute Gasteiger partial charge is 0.483 e. The van der Waals surface area contributed by atoms with Crippen molar-refractivity contribution in [3.8, 4) is 5.75 Å². The topological polar surface area (TPSA) is 44.1 Å². The summed E-state index contributed by atoms with van der Waals surface area (Å²) in [7, 11) is 1.95. The Morgan fingerprint density at radius 3 is 2.79 bits per heavy atom. The molecule has 0 radical (unpaired) electrons.